The Morgan fingerprint density at radius 3 is 2.30 bits per heavy atom. The largest absolute Gasteiger partial charge is 0.493 e. The second kappa shape index (κ2) is 10.0. The van der Waals surface area contributed by atoms with Crippen molar-refractivity contribution < 1.29 is 43.1 Å². The van der Waals surface area contributed by atoms with Crippen molar-refractivity contribution in [2.75, 3.05) is 35.2 Å². The van der Waals surface area contributed by atoms with Crippen molar-refractivity contribution in [3.8, 4) is 45.6 Å². The van der Waals surface area contributed by atoms with Crippen LogP contribution in [0, 0.1) is 5.92 Å². The number of carbonyl (C=O) groups excluding carboxylic acids is 1. The van der Waals surface area contributed by atoms with Gasteiger partial charge in [-0.1, -0.05) is 13.0 Å². The van der Waals surface area contributed by atoms with Crippen LogP contribution >= 0.6 is 0 Å². The molecule has 0 saturated carbocycles. The second-order valence-corrected chi connectivity index (χ2v) is 9.38. The maximum Gasteiger partial charge on any atom is 0.334 e. The topological polar surface area (TPSA) is 102 Å². The lowest BCUT2D eigenvalue weighted by Crippen LogP contribution is -2.44. The summed E-state index contributed by atoms with van der Waals surface area (Å²) in [5.74, 6) is 1.60. The summed E-state index contributed by atoms with van der Waals surface area (Å²) in [6.45, 7) is 7.05. The first-order chi connectivity index (χ1) is 17.6. The molecule has 2 aliphatic rings. The zero-order valence-electron chi connectivity index (χ0n) is 22.5. The van der Waals surface area contributed by atoms with Crippen molar-refractivity contribution in [1.29, 1.82) is 0 Å². The van der Waals surface area contributed by atoms with Gasteiger partial charge in [-0.05, 0) is 50.8 Å². The van der Waals surface area contributed by atoms with Crippen LogP contribution in [0.3, 0.4) is 0 Å². The van der Waals surface area contributed by atoms with Crippen LogP contribution in [0.25, 0.3) is 11.1 Å². The van der Waals surface area contributed by atoms with Gasteiger partial charge in [0.1, 0.15) is 5.60 Å². The average Bonchev–Trinajstić information content (AvgIpc) is 3.36. The van der Waals surface area contributed by atoms with Gasteiger partial charge in [-0.3, -0.25) is 0 Å². The number of fused-ring (bicyclic) bond motifs is 4. The van der Waals surface area contributed by atoms with Crippen LogP contribution in [0.1, 0.15) is 44.9 Å². The smallest absolute Gasteiger partial charge is 0.334 e. The summed E-state index contributed by atoms with van der Waals surface area (Å²) in [6.07, 6.45) is 0.998. The average molecular weight is 515 g/mol. The minimum Gasteiger partial charge on any atom is -0.493 e. The van der Waals surface area contributed by atoms with Crippen LogP contribution in [0.2, 0.25) is 0 Å². The highest BCUT2D eigenvalue weighted by Crippen LogP contribution is 2.59. The molecule has 0 bridgehead atoms. The van der Waals surface area contributed by atoms with Gasteiger partial charge in [0.15, 0.2) is 29.1 Å². The van der Waals surface area contributed by atoms with Gasteiger partial charge in [0.05, 0.1) is 28.4 Å². The number of hydrogen-bond donors (Lipinski definition) is 1. The van der Waals surface area contributed by atoms with Crippen molar-refractivity contribution in [3.05, 3.63) is 34.9 Å². The second-order valence-electron chi connectivity index (χ2n) is 9.38. The summed E-state index contributed by atoms with van der Waals surface area (Å²) < 4.78 is 40.6. The monoisotopic (exact) mass is 514 g/mol. The highest BCUT2D eigenvalue weighted by atomic mass is 16.7. The first-order valence-electron chi connectivity index (χ1n) is 12.0. The lowest BCUT2D eigenvalue weighted by Gasteiger charge is -2.41. The van der Waals surface area contributed by atoms with E-state index in [2.05, 4.69) is 0 Å². The molecule has 1 aliphatic carbocycles. The molecule has 0 fully saturated rings. The standard InChI is InChI=1S/C28H34O9/c1-9-14(2)27(29)37-26-17-12-18(31-5)22(32-6)25(34-8)21(17)20-16(10-15(3)28(26,4)30)11-19-23(24(20)33-7)36-13-35-19/h9,11-12,15,26,30H,10,13H2,1-8H3/b14-9+/t15-,26+,28-/m1/s1. The Hall–Kier alpha value is -3.59. The predicted octanol–water partition coefficient (Wildman–Crippen LogP) is 4.61. The number of ether oxygens (including phenoxy) is 7. The molecule has 2 aromatic rings. The fraction of sp³-hybridized carbons (Fsp3) is 0.464. The van der Waals surface area contributed by atoms with Gasteiger partial charge in [0, 0.05) is 22.3 Å². The Morgan fingerprint density at radius 1 is 1.03 bits per heavy atom. The van der Waals surface area contributed by atoms with Gasteiger partial charge < -0.3 is 38.3 Å². The van der Waals surface area contributed by atoms with Crippen LogP contribution < -0.4 is 28.4 Å². The van der Waals surface area contributed by atoms with Crippen LogP contribution in [-0.4, -0.2) is 51.9 Å². The molecule has 0 aromatic heterocycles. The van der Waals surface area contributed by atoms with Gasteiger partial charge in [-0.15, -0.1) is 0 Å². The summed E-state index contributed by atoms with van der Waals surface area (Å²) >= 11 is 0. The van der Waals surface area contributed by atoms with E-state index in [1.807, 2.05) is 13.0 Å². The molecular formula is C28H34O9. The van der Waals surface area contributed by atoms with Gasteiger partial charge in [0.2, 0.25) is 18.3 Å². The number of esters is 1. The zero-order chi connectivity index (χ0) is 27.1. The Kier molecular flexibility index (Phi) is 7.19. The molecule has 37 heavy (non-hydrogen) atoms. The summed E-state index contributed by atoms with van der Waals surface area (Å²) in [7, 11) is 6.08. The van der Waals surface area contributed by atoms with E-state index in [1.54, 1.807) is 40.0 Å². The highest BCUT2D eigenvalue weighted by molar-refractivity contribution is 5.90. The molecule has 1 heterocycles. The van der Waals surface area contributed by atoms with Crippen molar-refractivity contribution in [1.82, 2.24) is 0 Å². The summed E-state index contributed by atoms with van der Waals surface area (Å²) in [5, 5.41) is 12.0. The molecule has 0 radical (unpaired) electrons. The number of allylic oxidation sites excluding steroid dienone is 1. The molecule has 1 N–H and O–H groups in total. The van der Waals surface area contributed by atoms with E-state index in [-0.39, 0.29) is 12.7 Å². The molecule has 0 amide bonds. The molecule has 1 aliphatic heterocycles. The minimum atomic E-state index is -1.48. The molecule has 4 rings (SSSR count). The van der Waals surface area contributed by atoms with E-state index in [9.17, 15) is 9.90 Å². The molecule has 3 atom stereocenters. The fourth-order valence-corrected chi connectivity index (χ4v) is 4.94. The number of methoxy groups -OCH3 is 4. The lowest BCUT2D eigenvalue weighted by molar-refractivity contribution is -0.166. The van der Waals surface area contributed by atoms with E-state index in [0.717, 1.165) is 5.56 Å². The highest BCUT2D eigenvalue weighted by Gasteiger charge is 2.47. The maximum atomic E-state index is 13.0. The lowest BCUT2D eigenvalue weighted by atomic mass is 9.73. The molecule has 9 nitrogen and oxygen atoms in total. The summed E-state index contributed by atoms with van der Waals surface area (Å²) in [6, 6.07) is 3.60. The first-order valence-corrected chi connectivity index (χ1v) is 12.0. The summed E-state index contributed by atoms with van der Waals surface area (Å²) in [4.78, 5) is 13.0. The first kappa shape index (κ1) is 26.5. The van der Waals surface area contributed by atoms with Crippen molar-refractivity contribution in [2.24, 2.45) is 5.92 Å². The molecule has 0 spiro atoms. The Bertz CT molecular complexity index is 1250. The van der Waals surface area contributed by atoms with Crippen LogP contribution in [0.5, 0.6) is 34.5 Å². The van der Waals surface area contributed by atoms with Crippen molar-refractivity contribution >= 4 is 5.97 Å². The van der Waals surface area contributed by atoms with Crippen LogP contribution in [-0.2, 0) is 16.0 Å². The number of carbonyl (C=O) groups is 1. The van der Waals surface area contributed by atoms with Gasteiger partial charge in [-0.25, -0.2) is 4.79 Å². The van der Waals surface area contributed by atoms with Gasteiger partial charge in [-0.2, -0.15) is 0 Å². The number of rotatable bonds is 6. The third-order valence-electron chi connectivity index (χ3n) is 7.33. The van der Waals surface area contributed by atoms with Gasteiger partial charge >= 0.3 is 5.97 Å². The molecule has 200 valence electrons. The Labute approximate surface area is 216 Å². The van der Waals surface area contributed by atoms with Gasteiger partial charge in [0.25, 0.3) is 0 Å². The normalized spacial score (nSPS) is 22.2. The van der Waals surface area contributed by atoms with E-state index in [0.29, 0.717) is 63.2 Å². The predicted molar refractivity (Wildman–Crippen MR) is 136 cm³/mol. The number of benzene rings is 2. The quantitative estimate of drug-likeness (QED) is 0.437. The maximum absolute atomic E-state index is 13.0. The molecule has 0 saturated heterocycles. The molecule has 9 heteroatoms. The van der Waals surface area contributed by atoms with Crippen molar-refractivity contribution in [3.63, 3.8) is 0 Å². The SMILES string of the molecule is C/C=C(\C)C(=O)O[C@H]1c2cc(OC)c(OC)c(OC)c2-c2c(cc3c(c2OC)OCO3)C[C@@H](C)[C@@]1(C)O. The number of aliphatic hydroxyl groups is 1. The van der Waals surface area contributed by atoms with Crippen LogP contribution in [0.15, 0.2) is 23.8 Å². The number of hydrogen-bond acceptors (Lipinski definition) is 9. The minimum absolute atomic E-state index is 0.0562. The van der Waals surface area contributed by atoms with E-state index < -0.39 is 17.7 Å². The van der Waals surface area contributed by atoms with E-state index in [4.69, 9.17) is 33.2 Å². The van der Waals surface area contributed by atoms with E-state index in [1.165, 1.54) is 21.3 Å². The van der Waals surface area contributed by atoms with Crippen molar-refractivity contribution in [2.45, 2.75) is 45.8 Å². The molecular weight excluding hydrogens is 480 g/mol. The third kappa shape index (κ3) is 4.21. The Morgan fingerprint density at radius 2 is 1.70 bits per heavy atom. The summed E-state index contributed by atoms with van der Waals surface area (Å²) in [5.41, 5.74) is 1.46. The van der Waals surface area contributed by atoms with Crippen LogP contribution in [0.4, 0.5) is 0 Å². The Balaban J connectivity index is 2.17. The zero-order valence-corrected chi connectivity index (χ0v) is 22.5. The van der Waals surface area contributed by atoms with E-state index >= 15 is 0 Å². The third-order valence-corrected chi connectivity index (χ3v) is 7.33. The molecule has 0 unspecified atom stereocenters. The molecule has 2 aromatic carbocycles. The fourth-order valence-electron chi connectivity index (χ4n) is 4.94.